The van der Waals surface area contributed by atoms with Crippen LogP contribution in [0.4, 0.5) is 4.39 Å². The van der Waals surface area contributed by atoms with Crippen molar-refractivity contribution in [1.82, 2.24) is 4.90 Å². The molecule has 1 heterocycles. The molecule has 2 aromatic rings. The number of carbonyl (C=O) groups is 1. The van der Waals surface area contributed by atoms with Crippen molar-refractivity contribution in [2.45, 2.75) is 19.5 Å². The summed E-state index contributed by atoms with van der Waals surface area (Å²) in [6.07, 6.45) is 0. The van der Waals surface area contributed by atoms with E-state index in [1.807, 2.05) is 0 Å². The topological polar surface area (TPSA) is 32.7 Å². The van der Waals surface area contributed by atoms with Crippen LogP contribution in [0.5, 0.6) is 0 Å². The van der Waals surface area contributed by atoms with Crippen LogP contribution >= 0.6 is 35.4 Å². The molecule has 0 saturated carbocycles. The zero-order valence-electron chi connectivity index (χ0n) is 13.4. The Morgan fingerprint density at radius 2 is 1.80 bits per heavy atom. The lowest BCUT2D eigenvalue weighted by Gasteiger charge is -2.29. The van der Waals surface area contributed by atoms with Crippen LogP contribution in [0.3, 0.4) is 0 Å². The number of halogens is 3. The first-order chi connectivity index (χ1) is 11.7. The average Bonchev–Trinajstić information content (AvgIpc) is 2.77. The van der Waals surface area contributed by atoms with Gasteiger partial charge >= 0.3 is 0 Å². The Bertz CT molecular complexity index is 910. The van der Waals surface area contributed by atoms with Gasteiger partial charge in [0.1, 0.15) is 22.2 Å². The quantitative estimate of drug-likeness (QED) is 0.660. The molecule has 0 unspecified atom stereocenters. The Morgan fingerprint density at radius 1 is 1.16 bits per heavy atom. The molecule has 0 saturated heterocycles. The minimum atomic E-state index is -0.888. The van der Waals surface area contributed by atoms with Crippen LogP contribution < -0.4 is 0 Å². The van der Waals surface area contributed by atoms with Gasteiger partial charge in [-0.2, -0.15) is 0 Å². The van der Waals surface area contributed by atoms with Gasteiger partial charge in [0.25, 0.3) is 5.91 Å². The van der Waals surface area contributed by atoms with E-state index in [0.29, 0.717) is 26.9 Å². The van der Waals surface area contributed by atoms with Crippen molar-refractivity contribution in [3.63, 3.8) is 0 Å². The molecule has 1 aliphatic heterocycles. The highest BCUT2D eigenvalue weighted by Crippen LogP contribution is 2.32. The van der Waals surface area contributed by atoms with Crippen molar-refractivity contribution in [1.29, 1.82) is 0 Å². The van der Waals surface area contributed by atoms with E-state index >= 15 is 0 Å². The smallest absolute Gasteiger partial charge is 0.260 e. The summed E-state index contributed by atoms with van der Waals surface area (Å²) >= 11 is 17.7. The van der Waals surface area contributed by atoms with E-state index in [4.69, 9.17) is 35.4 Å². The van der Waals surface area contributed by atoms with Gasteiger partial charge in [0.05, 0.1) is 5.02 Å². The van der Waals surface area contributed by atoms with Crippen LogP contribution in [0.25, 0.3) is 0 Å². The SMILES string of the molecule is CC1(C)N=C(c2ccc(Cl)cc2Cl)C(=S)N1C(=O)c1ccc(F)cc1. The molecule has 128 valence electrons. The molecule has 0 fully saturated rings. The van der Waals surface area contributed by atoms with Gasteiger partial charge in [-0.3, -0.25) is 14.7 Å². The zero-order chi connectivity index (χ0) is 18.4. The van der Waals surface area contributed by atoms with Gasteiger partial charge in [0.2, 0.25) is 0 Å². The second-order valence-electron chi connectivity index (χ2n) is 6.03. The summed E-state index contributed by atoms with van der Waals surface area (Å²) in [5.74, 6) is -0.761. The van der Waals surface area contributed by atoms with Gasteiger partial charge in [-0.05, 0) is 56.3 Å². The van der Waals surface area contributed by atoms with Crippen LogP contribution in [0.2, 0.25) is 10.0 Å². The molecule has 0 aliphatic carbocycles. The Balaban J connectivity index is 2.00. The number of hydrogen-bond acceptors (Lipinski definition) is 3. The van der Waals surface area contributed by atoms with Crippen LogP contribution in [0.15, 0.2) is 47.5 Å². The second-order valence-corrected chi connectivity index (χ2v) is 7.26. The molecule has 25 heavy (non-hydrogen) atoms. The molecule has 3 nitrogen and oxygen atoms in total. The molecule has 0 N–H and O–H groups in total. The molecular weight excluding hydrogens is 382 g/mol. The van der Waals surface area contributed by atoms with Crippen molar-refractivity contribution < 1.29 is 9.18 Å². The van der Waals surface area contributed by atoms with Gasteiger partial charge in [-0.1, -0.05) is 35.4 Å². The molecule has 7 heteroatoms. The molecule has 0 atom stereocenters. The third-order valence-electron chi connectivity index (χ3n) is 3.82. The predicted molar refractivity (Wildman–Crippen MR) is 102 cm³/mol. The zero-order valence-corrected chi connectivity index (χ0v) is 15.7. The van der Waals surface area contributed by atoms with Crippen molar-refractivity contribution in [2.75, 3.05) is 0 Å². The summed E-state index contributed by atoms with van der Waals surface area (Å²) in [7, 11) is 0. The highest BCUT2D eigenvalue weighted by Gasteiger charge is 2.42. The van der Waals surface area contributed by atoms with E-state index in [1.165, 1.54) is 29.2 Å². The monoisotopic (exact) mass is 394 g/mol. The van der Waals surface area contributed by atoms with E-state index in [9.17, 15) is 9.18 Å². The standard InChI is InChI=1S/C18H13Cl2FN2OS/c1-18(2)22-15(13-8-5-11(19)9-14(13)20)17(25)23(18)16(24)10-3-6-12(21)7-4-10/h3-9H,1-2H3. The number of amides is 1. The number of aliphatic imine (C=N–C) groups is 1. The fourth-order valence-electron chi connectivity index (χ4n) is 2.65. The van der Waals surface area contributed by atoms with Gasteiger partial charge in [0, 0.05) is 16.1 Å². The number of benzene rings is 2. The van der Waals surface area contributed by atoms with E-state index in [-0.39, 0.29) is 10.9 Å². The maximum absolute atomic E-state index is 13.1. The number of carbonyl (C=O) groups excluding carboxylic acids is 1. The minimum Gasteiger partial charge on any atom is -0.272 e. The Hall–Kier alpha value is -1.82. The van der Waals surface area contributed by atoms with Gasteiger partial charge in [-0.25, -0.2) is 4.39 Å². The lowest BCUT2D eigenvalue weighted by Crippen LogP contribution is -2.46. The molecule has 1 aliphatic rings. The first kappa shape index (κ1) is 18.0. The van der Waals surface area contributed by atoms with Gasteiger partial charge in [0.15, 0.2) is 0 Å². The van der Waals surface area contributed by atoms with Gasteiger partial charge in [-0.15, -0.1) is 0 Å². The summed E-state index contributed by atoms with van der Waals surface area (Å²) < 4.78 is 13.1. The van der Waals surface area contributed by atoms with Crippen LogP contribution in [-0.2, 0) is 0 Å². The van der Waals surface area contributed by atoms with Crippen molar-refractivity contribution in [3.8, 4) is 0 Å². The molecule has 0 aromatic heterocycles. The molecule has 0 spiro atoms. The lowest BCUT2D eigenvalue weighted by atomic mass is 10.1. The highest BCUT2D eigenvalue weighted by atomic mass is 35.5. The number of nitrogens with zero attached hydrogens (tertiary/aromatic N) is 2. The molecule has 3 rings (SSSR count). The highest BCUT2D eigenvalue weighted by molar-refractivity contribution is 7.82. The van der Waals surface area contributed by atoms with Crippen molar-refractivity contribution >= 4 is 52.0 Å². The predicted octanol–water partition coefficient (Wildman–Crippen LogP) is 5.14. The molecule has 2 aromatic carbocycles. The summed E-state index contributed by atoms with van der Waals surface area (Å²) in [5.41, 5.74) is 0.507. The molecule has 0 radical (unpaired) electrons. The maximum atomic E-state index is 13.1. The molecule has 1 amide bonds. The third kappa shape index (κ3) is 3.32. The van der Waals surface area contributed by atoms with E-state index < -0.39 is 11.5 Å². The third-order valence-corrected chi connectivity index (χ3v) is 4.74. The summed E-state index contributed by atoms with van der Waals surface area (Å²) in [5, 5.41) is 0.900. The van der Waals surface area contributed by atoms with Crippen molar-refractivity contribution in [3.05, 3.63) is 69.5 Å². The van der Waals surface area contributed by atoms with Gasteiger partial charge < -0.3 is 0 Å². The largest absolute Gasteiger partial charge is 0.272 e. The molecular formula is C18H13Cl2FN2OS. The fraction of sp³-hybridized carbons (Fsp3) is 0.167. The molecule has 0 bridgehead atoms. The minimum absolute atomic E-state index is 0.267. The normalized spacial score (nSPS) is 16.1. The van der Waals surface area contributed by atoms with Crippen molar-refractivity contribution in [2.24, 2.45) is 4.99 Å². The van der Waals surface area contributed by atoms with E-state index in [0.717, 1.165) is 0 Å². The summed E-state index contributed by atoms with van der Waals surface area (Å²) in [6, 6.07) is 10.3. The first-order valence-electron chi connectivity index (χ1n) is 7.40. The van der Waals surface area contributed by atoms with E-state index in [1.54, 1.807) is 32.0 Å². The Kier molecular flexibility index (Phi) is 4.66. The van der Waals surface area contributed by atoms with Crippen LogP contribution in [0, 0.1) is 5.82 Å². The first-order valence-corrected chi connectivity index (χ1v) is 8.57. The van der Waals surface area contributed by atoms with Crippen LogP contribution in [0.1, 0.15) is 29.8 Å². The average molecular weight is 395 g/mol. The van der Waals surface area contributed by atoms with Crippen LogP contribution in [-0.4, -0.2) is 27.2 Å². The second kappa shape index (κ2) is 6.48. The fourth-order valence-corrected chi connectivity index (χ4v) is 3.60. The summed E-state index contributed by atoms with van der Waals surface area (Å²) in [4.78, 5) is 19.2. The number of hydrogen-bond donors (Lipinski definition) is 0. The lowest BCUT2D eigenvalue weighted by molar-refractivity contribution is 0.0758. The Morgan fingerprint density at radius 3 is 2.40 bits per heavy atom. The maximum Gasteiger partial charge on any atom is 0.260 e. The Labute approximate surface area is 160 Å². The summed E-state index contributed by atoms with van der Waals surface area (Å²) in [6.45, 7) is 3.55. The number of thiocarbonyl (C=S) groups is 1. The number of rotatable bonds is 2. The van der Waals surface area contributed by atoms with E-state index in [2.05, 4.69) is 4.99 Å².